The molecule has 1 saturated heterocycles. The maximum Gasteiger partial charge on any atom is 0.223 e. The van der Waals surface area contributed by atoms with Crippen LogP contribution in [0.25, 0.3) is 10.2 Å². The third kappa shape index (κ3) is 4.34. The number of ether oxygens (including phenoxy) is 1. The van der Waals surface area contributed by atoms with Crippen molar-refractivity contribution in [1.82, 2.24) is 10.3 Å². The first kappa shape index (κ1) is 19.6. The highest BCUT2D eigenvalue weighted by molar-refractivity contribution is 7.22. The molecule has 4 rings (SSSR count). The van der Waals surface area contributed by atoms with Gasteiger partial charge in [0.15, 0.2) is 5.13 Å². The maximum atomic E-state index is 13.9. The van der Waals surface area contributed by atoms with Crippen molar-refractivity contribution in [3.05, 3.63) is 53.8 Å². The molecule has 29 heavy (non-hydrogen) atoms. The van der Waals surface area contributed by atoms with Gasteiger partial charge in [-0.2, -0.15) is 0 Å². The second-order valence-corrected chi connectivity index (χ2v) is 8.21. The number of amides is 1. The van der Waals surface area contributed by atoms with E-state index in [9.17, 15) is 9.18 Å². The molecule has 1 amide bonds. The van der Waals surface area contributed by atoms with Gasteiger partial charge in [0.25, 0.3) is 0 Å². The summed E-state index contributed by atoms with van der Waals surface area (Å²) in [6, 6.07) is 12.9. The molecule has 1 fully saturated rings. The van der Waals surface area contributed by atoms with Gasteiger partial charge < -0.3 is 15.0 Å². The molecular formula is C22H24FN3O2S. The van der Waals surface area contributed by atoms with Crippen molar-refractivity contribution in [2.24, 2.45) is 5.92 Å². The first-order valence-electron chi connectivity index (χ1n) is 9.85. The molecule has 152 valence electrons. The molecule has 0 spiro atoms. The molecule has 5 nitrogen and oxygen atoms in total. The lowest BCUT2D eigenvalue weighted by molar-refractivity contribution is -0.125. The van der Waals surface area contributed by atoms with Crippen LogP contribution in [0.2, 0.25) is 0 Å². The van der Waals surface area contributed by atoms with E-state index in [0.717, 1.165) is 53.5 Å². The summed E-state index contributed by atoms with van der Waals surface area (Å²) in [5.41, 5.74) is 1.52. The van der Waals surface area contributed by atoms with Crippen molar-refractivity contribution >= 4 is 32.6 Å². The number of nitrogens with zero attached hydrogens (tertiary/aromatic N) is 2. The summed E-state index contributed by atoms with van der Waals surface area (Å²) in [5, 5.41) is 3.89. The van der Waals surface area contributed by atoms with Crippen molar-refractivity contribution < 1.29 is 13.9 Å². The molecule has 3 aromatic rings. The van der Waals surface area contributed by atoms with Gasteiger partial charge in [-0.1, -0.05) is 35.6 Å². The van der Waals surface area contributed by atoms with Gasteiger partial charge in [0.1, 0.15) is 17.1 Å². The van der Waals surface area contributed by atoms with E-state index < -0.39 is 0 Å². The van der Waals surface area contributed by atoms with E-state index >= 15 is 0 Å². The van der Waals surface area contributed by atoms with Crippen LogP contribution in [-0.2, 0) is 11.2 Å². The zero-order valence-corrected chi connectivity index (χ0v) is 17.2. The van der Waals surface area contributed by atoms with E-state index in [1.807, 2.05) is 30.3 Å². The lowest BCUT2D eigenvalue weighted by Crippen LogP contribution is -2.41. The van der Waals surface area contributed by atoms with Crippen LogP contribution in [0.15, 0.2) is 42.5 Å². The maximum absolute atomic E-state index is 13.9. The molecule has 2 heterocycles. The number of benzene rings is 2. The Bertz CT molecular complexity index is 999. The fraction of sp³-hybridized carbons (Fsp3) is 0.364. The fourth-order valence-corrected chi connectivity index (χ4v) is 4.78. The minimum absolute atomic E-state index is 0.00929. The number of carbonyl (C=O) groups is 1. The van der Waals surface area contributed by atoms with E-state index in [0.29, 0.717) is 12.1 Å². The van der Waals surface area contributed by atoms with Gasteiger partial charge >= 0.3 is 0 Å². The number of aromatic nitrogens is 1. The number of piperidine rings is 1. The van der Waals surface area contributed by atoms with Crippen LogP contribution in [0.5, 0.6) is 5.75 Å². The van der Waals surface area contributed by atoms with Crippen LogP contribution in [-0.4, -0.2) is 37.6 Å². The Kier molecular flexibility index (Phi) is 5.94. The number of anilines is 1. The fourth-order valence-electron chi connectivity index (χ4n) is 3.75. The monoisotopic (exact) mass is 413 g/mol. The zero-order chi connectivity index (χ0) is 20.2. The average molecular weight is 414 g/mol. The third-order valence-corrected chi connectivity index (χ3v) is 6.46. The summed E-state index contributed by atoms with van der Waals surface area (Å²) in [7, 11) is 1.66. The zero-order valence-electron chi connectivity index (χ0n) is 16.4. The molecule has 0 aliphatic carbocycles. The molecule has 7 heteroatoms. The van der Waals surface area contributed by atoms with E-state index in [2.05, 4.69) is 15.2 Å². The van der Waals surface area contributed by atoms with Gasteiger partial charge in [0.05, 0.1) is 11.8 Å². The number of methoxy groups -OCH3 is 1. The van der Waals surface area contributed by atoms with Gasteiger partial charge in [0.2, 0.25) is 5.91 Å². The molecule has 0 saturated carbocycles. The van der Waals surface area contributed by atoms with Gasteiger partial charge in [-0.15, -0.1) is 0 Å². The summed E-state index contributed by atoms with van der Waals surface area (Å²) in [5.74, 6) is 0.682. The second kappa shape index (κ2) is 8.78. The minimum atomic E-state index is -0.283. The predicted molar refractivity (Wildman–Crippen MR) is 114 cm³/mol. The summed E-state index contributed by atoms with van der Waals surface area (Å²) in [6.07, 6.45) is 2.30. The van der Waals surface area contributed by atoms with Crippen molar-refractivity contribution in [2.75, 3.05) is 31.6 Å². The number of hydrogen-bond acceptors (Lipinski definition) is 5. The van der Waals surface area contributed by atoms with Crippen molar-refractivity contribution in [3.8, 4) is 5.75 Å². The Hall–Kier alpha value is -2.67. The number of nitrogens with one attached hydrogen (secondary N) is 1. The molecule has 1 aliphatic heterocycles. The van der Waals surface area contributed by atoms with Crippen molar-refractivity contribution in [2.45, 2.75) is 19.3 Å². The largest absolute Gasteiger partial charge is 0.496 e. The van der Waals surface area contributed by atoms with Crippen LogP contribution in [0.4, 0.5) is 9.52 Å². The molecule has 2 aromatic carbocycles. The highest BCUT2D eigenvalue weighted by Crippen LogP contribution is 2.32. The summed E-state index contributed by atoms with van der Waals surface area (Å²) < 4.78 is 20.1. The normalized spacial score (nSPS) is 14.9. The standard InChI is InChI=1S/C22H24FN3O2S/c1-28-18-7-3-2-5-15(18)9-12-24-21(27)16-10-13-26(14-11-16)22-25-20-17(23)6-4-8-19(20)29-22/h2-8,16H,9-14H2,1H3,(H,24,27). The number of hydrogen-bond donors (Lipinski definition) is 1. The van der Waals surface area contributed by atoms with Crippen LogP contribution in [0.3, 0.4) is 0 Å². The Morgan fingerprint density at radius 1 is 1.24 bits per heavy atom. The molecule has 0 atom stereocenters. The molecule has 0 bridgehead atoms. The highest BCUT2D eigenvalue weighted by atomic mass is 32.1. The molecule has 0 radical (unpaired) electrons. The molecule has 1 aromatic heterocycles. The average Bonchev–Trinajstić information content (AvgIpc) is 3.20. The van der Waals surface area contributed by atoms with Gasteiger partial charge in [-0.25, -0.2) is 9.37 Å². The number of halogens is 1. The van der Waals surface area contributed by atoms with Crippen molar-refractivity contribution in [1.29, 1.82) is 0 Å². The first-order valence-corrected chi connectivity index (χ1v) is 10.7. The number of fused-ring (bicyclic) bond motifs is 1. The van der Waals surface area contributed by atoms with E-state index in [-0.39, 0.29) is 17.6 Å². The predicted octanol–water partition coefficient (Wildman–Crippen LogP) is 4.02. The Labute approximate surface area is 173 Å². The third-order valence-electron chi connectivity index (χ3n) is 5.38. The quantitative estimate of drug-likeness (QED) is 0.663. The van der Waals surface area contributed by atoms with Gasteiger partial charge in [-0.3, -0.25) is 4.79 Å². The number of carbonyl (C=O) groups excluding carboxylic acids is 1. The Morgan fingerprint density at radius 3 is 2.79 bits per heavy atom. The van der Waals surface area contributed by atoms with Crippen LogP contribution < -0.4 is 15.0 Å². The smallest absolute Gasteiger partial charge is 0.223 e. The molecule has 0 unspecified atom stereocenters. The van der Waals surface area contributed by atoms with E-state index in [1.54, 1.807) is 13.2 Å². The molecular weight excluding hydrogens is 389 g/mol. The number of thiazole rings is 1. The minimum Gasteiger partial charge on any atom is -0.496 e. The van der Waals surface area contributed by atoms with E-state index in [1.165, 1.54) is 17.4 Å². The summed E-state index contributed by atoms with van der Waals surface area (Å²) in [6.45, 7) is 2.11. The topological polar surface area (TPSA) is 54.5 Å². The Balaban J connectivity index is 1.28. The molecule has 1 aliphatic rings. The van der Waals surface area contributed by atoms with Crippen LogP contribution in [0, 0.1) is 11.7 Å². The lowest BCUT2D eigenvalue weighted by atomic mass is 9.96. The lowest BCUT2D eigenvalue weighted by Gasteiger charge is -2.31. The highest BCUT2D eigenvalue weighted by Gasteiger charge is 2.26. The summed E-state index contributed by atoms with van der Waals surface area (Å²) in [4.78, 5) is 19.2. The first-order chi connectivity index (χ1) is 14.2. The second-order valence-electron chi connectivity index (χ2n) is 7.20. The van der Waals surface area contributed by atoms with Crippen LogP contribution >= 0.6 is 11.3 Å². The Morgan fingerprint density at radius 2 is 2.03 bits per heavy atom. The van der Waals surface area contributed by atoms with Crippen LogP contribution in [0.1, 0.15) is 18.4 Å². The van der Waals surface area contributed by atoms with Gasteiger partial charge in [-0.05, 0) is 43.0 Å². The van der Waals surface area contributed by atoms with E-state index in [4.69, 9.17) is 4.74 Å². The number of para-hydroxylation sites is 2. The SMILES string of the molecule is COc1ccccc1CCNC(=O)C1CCN(c2nc3c(F)cccc3s2)CC1. The molecule has 1 N–H and O–H groups in total. The summed E-state index contributed by atoms with van der Waals surface area (Å²) >= 11 is 1.50. The van der Waals surface area contributed by atoms with Crippen molar-refractivity contribution in [3.63, 3.8) is 0 Å². The number of rotatable bonds is 6. The van der Waals surface area contributed by atoms with Gasteiger partial charge in [0, 0.05) is 25.6 Å².